The van der Waals surface area contributed by atoms with Crippen molar-refractivity contribution in [2.24, 2.45) is 0 Å². The van der Waals surface area contributed by atoms with Crippen molar-refractivity contribution in [2.75, 3.05) is 5.32 Å². The van der Waals surface area contributed by atoms with E-state index in [0.717, 1.165) is 0 Å². The third-order valence-corrected chi connectivity index (χ3v) is 3.65. The van der Waals surface area contributed by atoms with Gasteiger partial charge in [0.25, 0.3) is 0 Å². The van der Waals surface area contributed by atoms with E-state index >= 15 is 0 Å². The summed E-state index contributed by atoms with van der Waals surface area (Å²) in [7, 11) is 0. The highest BCUT2D eigenvalue weighted by Gasteiger charge is 2.24. The van der Waals surface area contributed by atoms with Crippen LogP contribution in [0.4, 0.5) is 5.95 Å². The SMILES string of the molecule is Cc1cc(Cl)nc(NC(=O)[C@H]2Cc3ccccc3CN2)n1. The average molecular weight is 303 g/mol. The molecule has 5 nitrogen and oxygen atoms in total. The molecule has 3 rings (SSSR count). The second kappa shape index (κ2) is 5.79. The highest BCUT2D eigenvalue weighted by molar-refractivity contribution is 6.29. The number of hydrogen-bond donors (Lipinski definition) is 2. The molecule has 0 bridgehead atoms. The van der Waals surface area contributed by atoms with Gasteiger partial charge in [0.15, 0.2) is 0 Å². The summed E-state index contributed by atoms with van der Waals surface area (Å²) in [5.41, 5.74) is 3.14. The molecule has 108 valence electrons. The molecule has 0 fully saturated rings. The Morgan fingerprint density at radius 2 is 2.10 bits per heavy atom. The fourth-order valence-corrected chi connectivity index (χ4v) is 2.66. The van der Waals surface area contributed by atoms with Crippen molar-refractivity contribution in [2.45, 2.75) is 25.9 Å². The van der Waals surface area contributed by atoms with Crippen LogP contribution in [0.25, 0.3) is 0 Å². The average Bonchev–Trinajstić information content (AvgIpc) is 2.45. The van der Waals surface area contributed by atoms with Crippen LogP contribution in [-0.4, -0.2) is 21.9 Å². The van der Waals surface area contributed by atoms with Crippen molar-refractivity contribution in [3.8, 4) is 0 Å². The number of benzene rings is 1. The zero-order valence-corrected chi connectivity index (χ0v) is 12.3. The van der Waals surface area contributed by atoms with Crippen LogP contribution in [0.15, 0.2) is 30.3 Å². The Morgan fingerprint density at radius 1 is 1.33 bits per heavy atom. The van der Waals surface area contributed by atoms with Crippen LogP contribution in [0.1, 0.15) is 16.8 Å². The summed E-state index contributed by atoms with van der Waals surface area (Å²) in [5, 5.41) is 6.26. The second-order valence-corrected chi connectivity index (χ2v) is 5.44. The molecule has 2 aromatic rings. The number of aromatic nitrogens is 2. The number of rotatable bonds is 2. The molecule has 2 N–H and O–H groups in total. The molecule has 2 heterocycles. The van der Waals surface area contributed by atoms with Crippen LogP contribution in [0.5, 0.6) is 0 Å². The molecule has 0 saturated carbocycles. The van der Waals surface area contributed by atoms with E-state index in [-0.39, 0.29) is 17.9 Å². The molecule has 1 aliphatic heterocycles. The summed E-state index contributed by atoms with van der Waals surface area (Å²) in [4.78, 5) is 20.5. The van der Waals surface area contributed by atoms with Gasteiger partial charge in [-0.25, -0.2) is 9.97 Å². The van der Waals surface area contributed by atoms with Gasteiger partial charge in [-0.2, -0.15) is 0 Å². The molecule has 21 heavy (non-hydrogen) atoms. The van der Waals surface area contributed by atoms with Gasteiger partial charge in [0.1, 0.15) is 5.15 Å². The van der Waals surface area contributed by atoms with Crippen LogP contribution in [0.3, 0.4) is 0 Å². The fraction of sp³-hybridized carbons (Fsp3) is 0.267. The van der Waals surface area contributed by atoms with Crippen molar-refractivity contribution in [1.82, 2.24) is 15.3 Å². The van der Waals surface area contributed by atoms with Crippen molar-refractivity contribution < 1.29 is 4.79 Å². The predicted molar refractivity (Wildman–Crippen MR) is 81.2 cm³/mol. The summed E-state index contributed by atoms with van der Waals surface area (Å²) in [6.45, 7) is 2.49. The number of nitrogens with zero attached hydrogens (tertiary/aromatic N) is 2. The largest absolute Gasteiger partial charge is 0.301 e. The molecule has 0 radical (unpaired) electrons. The molecule has 1 aromatic carbocycles. The Kier molecular flexibility index (Phi) is 3.86. The molecule has 1 amide bonds. The van der Waals surface area contributed by atoms with Crippen LogP contribution in [-0.2, 0) is 17.8 Å². The molecule has 6 heteroatoms. The van der Waals surface area contributed by atoms with E-state index in [2.05, 4.69) is 32.7 Å². The first kappa shape index (κ1) is 14.0. The van der Waals surface area contributed by atoms with Crippen LogP contribution in [0, 0.1) is 6.92 Å². The fourth-order valence-electron chi connectivity index (χ4n) is 2.42. The molecule has 0 aliphatic carbocycles. The van der Waals surface area contributed by atoms with E-state index in [1.807, 2.05) is 12.1 Å². The number of hydrogen-bond acceptors (Lipinski definition) is 4. The molecular weight excluding hydrogens is 288 g/mol. The number of amides is 1. The van der Waals surface area contributed by atoms with Crippen molar-refractivity contribution >= 4 is 23.5 Å². The monoisotopic (exact) mass is 302 g/mol. The first-order valence-corrected chi connectivity index (χ1v) is 7.12. The van der Waals surface area contributed by atoms with E-state index < -0.39 is 0 Å². The normalized spacial score (nSPS) is 17.1. The van der Waals surface area contributed by atoms with E-state index in [4.69, 9.17) is 11.6 Å². The smallest absolute Gasteiger partial charge is 0.244 e. The minimum absolute atomic E-state index is 0.147. The standard InChI is InChI=1S/C15H15ClN4O/c1-9-6-13(16)19-15(18-9)20-14(21)12-7-10-4-2-3-5-11(10)8-17-12/h2-6,12,17H,7-8H2,1H3,(H,18,19,20,21)/t12-/m1/s1. The number of carbonyl (C=O) groups is 1. The lowest BCUT2D eigenvalue weighted by atomic mass is 9.95. The number of carbonyl (C=O) groups excluding carboxylic acids is 1. The van der Waals surface area contributed by atoms with Crippen molar-refractivity contribution in [1.29, 1.82) is 0 Å². The van der Waals surface area contributed by atoms with Gasteiger partial charge in [-0.1, -0.05) is 35.9 Å². The molecule has 1 aliphatic rings. The Morgan fingerprint density at radius 3 is 2.86 bits per heavy atom. The molecule has 0 spiro atoms. The summed E-state index contributed by atoms with van der Waals surface area (Å²) in [5.74, 6) is 0.0943. The first-order valence-electron chi connectivity index (χ1n) is 6.74. The Labute approximate surface area is 127 Å². The van der Waals surface area contributed by atoms with Gasteiger partial charge in [-0.3, -0.25) is 10.1 Å². The maximum absolute atomic E-state index is 12.3. The van der Waals surface area contributed by atoms with Gasteiger partial charge in [0.05, 0.1) is 6.04 Å². The van der Waals surface area contributed by atoms with Gasteiger partial charge in [-0.05, 0) is 30.5 Å². The topological polar surface area (TPSA) is 66.9 Å². The molecule has 0 saturated heterocycles. The van der Waals surface area contributed by atoms with Crippen LogP contribution < -0.4 is 10.6 Å². The van der Waals surface area contributed by atoms with Crippen LogP contribution in [0.2, 0.25) is 5.15 Å². The highest BCUT2D eigenvalue weighted by atomic mass is 35.5. The van der Waals surface area contributed by atoms with Gasteiger partial charge in [0, 0.05) is 12.2 Å². The second-order valence-electron chi connectivity index (χ2n) is 5.05. The molecular formula is C15H15ClN4O. The zero-order valence-electron chi connectivity index (χ0n) is 11.6. The molecule has 1 aromatic heterocycles. The van der Waals surface area contributed by atoms with Crippen LogP contribution >= 0.6 is 11.6 Å². The summed E-state index contributed by atoms with van der Waals surface area (Å²) in [6.07, 6.45) is 0.654. The number of halogens is 1. The Bertz CT molecular complexity index is 669. The minimum atomic E-state index is -0.289. The highest BCUT2D eigenvalue weighted by Crippen LogP contribution is 2.17. The van der Waals surface area contributed by atoms with E-state index in [0.29, 0.717) is 23.8 Å². The molecule has 1 atom stereocenters. The van der Waals surface area contributed by atoms with Crippen molar-refractivity contribution in [3.63, 3.8) is 0 Å². The summed E-state index contributed by atoms with van der Waals surface area (Å²) >= 11 is 5.87. The predicted octanol–water partition coefficient (Wildman–Crippen LogP) is 2.09. The quantitative estimate of drug-likeness (QED) is 0.834. The van der Waals surface area contributed by atoms with E-state index in [1.165, 1.54) is 11.1 Å². The lowest BCUT2D eigenvalue weighted by Gasteiger charge is -2.25. The van der Waals surface area contributed by atoms with E-state index in [1.54, 1.807) is 13.0 Å². The number of fused-ring (bicyclic) bond motifs is 1. The van der Waals surface area contributed by atoms with Gasteiger partial charge >= 0.3 is 0 Å². The number of nitrogens with one attached hydrogen (secondary N) is 2. The maximum atomic E-state index is 12.3. The Hall–Kier alpha value is -1.98. The number of anilines is 1. The minimum Gasteiger partial charge on any atom is -0.301 e. The third kappa shape index (κ3) is 3.20. The van der Waals surface area contributed by atoms with E-state index in [9.17, 15) is 4.79 Å². The lowest BCUT2D eigenvalue weighted by molar-refractivity contribution is -0.118. The molecule has 0 unspecified atom stereocenters. The summed E-state index contributed by atoms with van der Waals surface area (Å²) in [6, 6.07) is 9.47. The number of aryl methyl sites for hydroxylation is 1. The Balaban J connectivity index is 1.72. The summed E-state index contributed by atoms with van der Waals surface area (Å²) < 4.78 is 0. The third-order valence-electron chi connectivity index (χ3n) is 3.46. The van der Waals surface area contributed by atoms with Crippen molar-refractivity contribution in [3.05, 3.63) is 52.3 Å². The lowest BCUT2D eigenvalue weighted by Crippen LogP contribution is -2.44. The van der Waals surface area contributed by atoms with Gasteiger partial charge in [0.2, 0.25) is 11.9 Å². The van der Waals surface area contributed by atoms with Gasteiger partial charge in [-0.15, -0.1) is 0 Å². The zero-order chi connectivity index (χ0) is 14.8. The maximum Gasteiger partial charge on any atom is 0.244 e. The van der Waals surface area contributed by atoms with Gasteiger partial charge < -0.3 is 5.32 Å². The first-order chi connectivity index (χ1) is 10.1.